The number of fused-ring (bicyclic) bond motifs is 2. The standard InChI is InChI=1S/C18H25N3O2S2/c22-25(23,16-4-2-1-3-5-16)21-10-8-20(9-11-21)18(24)19-17-13-14-6-7-15(17)12-14/h1-5,14-15,17H,6-13H2,(H,19,24)/t14-,15-,17+/m1/s1. The largest absolute Gasteiger partial charge is 0.360 e. The number of piperazine rings is 1. The lowest BCUT2D eigenvalue weighted by Gasteiger charge is -2.37. The Bertz CT molecular complexity index is 730. The molecule has 4 rings (SSSR count). The number of sulfonamides is 1. The summed E-state index contributed by atoms with van der Waals surface area (Å²) < 4.78 is 26.9. The molecule has 1 aliphatic heterocycles. The molecule has 3 aliphatic rings. The third-order valence-corrected chi connectivity index (χ3v) is 8.24. The second kappa shape index (κ2) is 6.85. The number of thiocarbonyl (C=S) groups is 1. The fourth-order valence-electron chi connectivity index (χ4n) is 4.54. The molecule has 1 aromatic carbocycles. The van der Waals surface area contributed by atoms with E-state index in [1.54, 1.807) is 28.6 Å². The van der Waals surface area contributed by atoms with Gasteiger partial charge in [0.15, 0.2) is 5.11 Å². The van der Waals surface area contributed by atoms with Crippen molar-refractivity contribution in [1.82, 2.24) is 14.5 Å². The summed E-state index contributed by atoms with van der Waals surface area (Å²) in [6.07, 6.45) is 5.30. The summed E-state index contributed by atoms with van der Waals surface area (Å²) in [5.74, 6) is 1.67. The van der Waals surface area contributed by atoms with Crippen LogP contribution in [-0.2, 0) is 10.0 Å². The maximum absolute atomic E-state index is 12.7. The predicted octanol–water partition coefficient (Wildman–Crippen LogP) is 2.06. The molecule has 1 N–H and O–H groups in total. The Kier molecular flexibility index (Phi) is 4.73. The van der Waals surface area contributed by atoms with Crippen molar-refractivity contribution in [1.29, 1.82) is 0 Å². The van der Waals surface area contributed by atoms with Crippen molar-refractivity contribution in [2.75, 3.05) is 26.2 Å². The Morgan fingerprint density at radius 3 is 2.36 bits per heavy atom. The van der Waals surface area contributed by atoms with Gasteiger partial charge in [-0.25, -0.2) is 8.42 Å². The molecule has 2 aliphatic carbocycles. The molecule has 0 aromatic heterocycles. The van der Waals surface area contributed by atoms with Crippen LogP contribution in [0.4, 0.5) is 0 Å². The van der Waals surface area contributed by atoms with Gasteiger partial charge < -0.3 is 10.2 Å². The first-order valence-corrected chi connectivity index (χ1v) is 11.0. The lowest BCUT2D eigenvalue weighted by atomic mass is 9.95. The van der Waals surface area contributed by atoms with Crippen LogP contribution in [-0.4, -0.2) is 55.0 Å². The zero-order valence-electron chi connectivity index (χ0n) is 14.3. The van der Waals surface area contributed by atoms with Crippen molar-refractivity contribution in [3.8, 4) is 0 Å². The molecule has 3 atom stereocenters. The number of hydrogen-bond acceptors (Lipinski definition) is 3. The Hall–Kier alpha value is -1.18. The Balaban J connectivity index is 1.33. The normalized spacial score (nSPS) is 29.8. The molecule has 0 radical (unpaired) electrons. The van der Waals surface area contributed by atoms with E-state index in [-0.39, 0.29) is 0 Å². The Morgan fingerprint density at radius 1 is 1.04 bits per heavy atom. The lowest BCUT2D eigenvalue weighted by Crippen LogP contribution is -2.54. The molecule has 25 heavy (non-hydrogen) atoms. The summed E-state index contributed by atoms with van der Waals surface area (Å²) in [5, 5.41) is 4.35. The van der Waals surface area contributed by atoms with Crippen LogP contribution in [0.25, 0.3) is 0 Å². The van der Waals surface area contributed by atoms with Crippen molar-refractivity contribution in [2.24, 2.45) is 11.8 Å². The average Bonchev–Trinajstić information content (AvgIpc) is 3.25. The quantitative estimate of drug-likeness (QED) is 0.815. The lowest BCUT2D eigenvalue weighted by molar-refractivity contribution is 0.258. The van der Waals surface area contributed by atoms with Gasteiger partial charge in [0.1, 0.15) is 0 Å². The van der Waals surface area contributed by atoms with Gasteiger partial charge in [-0.2, -0.15) is 4.31 Å². The molecule has 0 unspecified atom stereocenters. The maximum atomic E-state index is 12.7. The van der Waals surface area contributed by atoms with Gasteiger partial charge >= 0.3 is 0 Å². The topological polar surface area (TPSA) is 52.7 Å². The number of hydrogen-bond donors (Lipinski definition) is 1. The number of nitrogens with one attached hydrogen (secondary N) is 1. The van der Waals surface area contributed by atoms with E-state index in [9.17, 15) is 8.42 Å². The minimum absolute atomic E-state index is 0.367. The molecule has 2 bridgehead atoms. The second-order valence-corrected chi connectivity index (χ2v) is 9.76. The highest BCUT2D eigenvalue weighted by atomic mass is 32.2. The molecular weight excluding hydrogens is 354 g/mol. The smallest absolute Gasteiger partial charge is 0.243 e. The van der Waals surface area contributed by atoms with Gasteiger partial charge in [-0.3, -0.25) is 0 Å². The van der Waals surface area contributed by atoms with Crippen molar-refractivity contribution in [3.63, 3.8) is 0 Å². The summed E-state index contributed by atoms with van der Waals surface area (Å²) in [6, 6.07) is 9.19. The van der Waals surface area contributed by atoms with E-state index < -0.39 is 10.0 Å². The zero-order chi connectivity index (χ0) is 17.4. The SMILES string of the molecule is O=S(=O)(c1ccccc1)N1CCN(C(=S)N[C@H]2C[C@@H]3CC[C@@H]2C3)CC1. The highest BCUT2D eigenvalue weighted by Crippen LogP contribution is 2.44. The van der Waals surface area contributed by atoms with Crippen LogP contribution in [0.2, 0.25) is 0 Å². The molecule has 1 saturated heterocycles. The first-order valence-electron chi connectivity index (χ1n) is 9.14. The van der Waals surface area contributed by atoms with Gasteiger partial charge in [-0.15, -0.1) is 0 Å². The number of nitrogens with zero attached hydrogens (tertiary/aromatic N) is 2. The van der Waals surface area contributed by atoms with E-state index in [2.05, 4.69) is 10.2 Å². The molecule has 1 heterocycles. The third-order valence-electron chi connectivity index (χ3n) is 5.95. The van der Waals surface area contributed by atoms with Crippen molar-refractivity contribution >= 4 is 27.4 Å². The van der Waals surface area contributed by atoms with Gasteiger partial charge in [-0.1, -0.05) is 24.6 Å². The fraction of sp³-hybridized carbons (Fsp3) is 0.611. The molecule has 2 saturated carbocycles. The molecule has 0 spiro atoms. The van der Waals surface area contributed by atoms with Gasteiger partial charge in [-0.05, 0) is 55.4 Å². The minimum Gasteiger partial charge on any atom is -0.360 e. The van der Waals surface area contributed by atoms with Crippen molar-refractivity contribution in [3.05, 3.63) is 30.3 Å². The summed E-state index contributed by atoms with van der Waals surface area (Å²) in [6.45, 7) is 2.27. The van der Waals surface area contributed by atoms with E-state index in [0.717, 1.165) is 16.9 Å². The molecule has 0 amide bonds. The van der Waals surface area contributed by atoms with Crippen LogP contribution in [0.5, 0.6) is 0 Å². The van der Waals surface area contributed by atoms with Crippen LogP contribution in [0.1, 0.15) is 25.7 Å². The first-order chi connectivity index (χ1) is 12.0. The summed E-state index contributed by atoms with van der Waals surface area (Å²) in [7, 11) is -3.40. The molecule has 5 nitrogen and oxygen atoms in total. The van der Waals surface area contributed by atoms with Gasteiger partial charge in [0, 0.05) is 32.2 Å². The molecular formula is C18H25N3O2S2. The van der Waals surface area contributed by atoms with E-state index in [1.165, 1.54) is 25.7 Å². The predicted molar refractivity (Wildman–Crippen MR) is 102 cm³/mol. The van der Waals surface area contributed by atoms with E-state index in [0.29, 0.717) is 37.1 Å². The molecule has 1 aromatic rings. The van der Waals surface area contributed by atoms with Crippen LogP contribution >= 0.6 is 12.2 Å². The second-order valence-electron chi connectivity index (χ2n) is 7.44. The molecule has 7 heteroatoms. The van der Waals surface area contributed by atoms with Crippen LogP contribution < -0.4 is 5.32 Å². The Labute approximate surface area is 155 Å². The van der Waals surface area contributed by atoms with Gasteiger partial charge in [0.25, 0.3) is 0 Å². The van der Waals surface area contributed by atoms with Crippen molar-refractivity contribution < 1.29 is 8.42 Å². The highest BCUT2D eigenvalue weighted by Gasteiger charge is 2.40. The Morgan fingerprint density at radius 2 is 1.76 bits per heavy atom. The van der Waals surface area contributed by atoms with Crippen LogP contribution in [0.3, 0.4) is 0 Å². The van der Waals surface area contributed by atoms with Gasteiger partial charge in [0.2, 0.25) is 10.0 Å². The fourth-order valence-corrected chi connectivity index (χ4v) is 6.32. The minimum atomic E-state index is -3.40. The van der Waals surface area contributed by atoms with Crippen LogP contribution in [0.15, 0.2) is 35.2 Å². The summed E-state index contributed by atoms with van der Waals surface area (Å²) in [5.41, 5.74) is 0. The van der Waals surface area contributed by atoms with Crippen molar-refractivity contribution in [2.45, 2.75) is 36.6 Å². The maximum Gasteiger partial charge on any atom is 0.243 e. The molecule has 136 valence electrons. The monoisotopic (exact) mass is 379 g/mol. The third kappa shape index (κ3) is 3.41. The number of benzene rings is 1. The average molecular weight is 380 g/mol. The zero-order valence-corrected chi connectivity index (χ0v) is 15.9. The molecule has 3 fully saturated rings. The van der Waals surface area contributed by atoms with E-state index in [4.69, 9.17) is 12.2 Å². The summed E-state index contributed by atoms with van der Waals surface area (Å²) >= 11 is 5.60. The van der Waals surface area contributed by atoms with E-state index in [1.807, 2.05) is 6.07 Å². The van der Waals surface area contributed by atoms with E-state index >= 15 is 0 Å². The number of rotatable bonds is 3. The van der Waals surface area contributed by atoms with Gasteiger partial charge in [0.05, 0.1) is 4.90 Å². The summed E-state index contributed by atoms with van der Waals surface area (Å²) in [4.78, 5) is 2.49. The first kappa shape index (κ1) is 17.2. The van der Waals surface area contributed by atoms with Crippen LogP contribution in [0, 0.1) is 11.8 Å². The highest BCUT2D eigenvalue weighted by molar-refractivity contribution is 7.89.